The summed E-state index contributed by atoms with van der Waals surface area (Å²) in [6.07, 6.45) is 8.07. The standard InChI is InChI=1S/C25H35N3O3/c29-22-10-6-15-27(22)16-7-17-28-18-20(11-12-23(28)30)24(31)26-19-25(13-4-5-14-25)21-8-2-1-3-9-21/h1-3,8-9,20H,4-7,10-19H2,(H,26,31). The van der Waals surface area contributed by atoms with Gasteiger partial charge in [-0.3, -0.25) is 14.4 Å². The number of nitrogens with one attached hydrogen (secondary N) is 1. The number of hydrogen-bond acceptors (Lipinski definition) is 3. The summed E-state index contributed by atoms with van der Waals surface area (Å²) in [5, 5.41) is 3.25. The summed E-state index contributed by atoms with van der Waals surface area (Å²) in [5.74, 6) is 0.296. The van der Waals surface area contributed by atoms with Crippen molar-refractivity contribution in [3.05, 3.63) is 35.9 Å². The van der Waals surface area contributed by atoms with Crippen LogP contribution in [0, 0.1) is 5.92 Å². The van der Waals surface area contributed by atoms with Gasteiger partial charge in [0.1, 0.15) is 0 Å². The maximum Gasteiger partial charge on any atom is 0.224 e. The highest BCUT2D eigenvalue weighted by molar-refractivity contribution is 5.84. The second kappa shape index (κ2) is 9.84. The molecule has 2 heterocycles. The molecule has 2 saturated heterocycles. The zero-order chi connectivity index (χ0) is 21.7. The molecule has 3 aliphatic rings. The summed E-state index contributed by atoms with van der Waals surface area (Å²) in [6, 6.07) is 10.6. The van der Waals surface area contributed by atoms with E-state index in [-0.39, 0.29) is 29.1 Å². The topological polar surface area (TPSA) is 69.7 Å². The minimum absolute atomic E-state index is 0.0450. The van der Waals surface area contributed by atoms with Crippen molar-refractivity contribution in [3.8, 4) is 0 Å². The van der Waals surface area contributed by atoms with E-state index in [1.165, 1.54) is 18.4 Å². The Kier molecular flexibility index (Phi) is 6.93. The van der Waals surface area contributed by atoms with Gasteiger partial charge in [0.05, 0.1) is 5.92 Å². The predicted octanol–water partition coefficient (Wildman–Crippen LogP) is 2.87. The Hall–Kier alpha value is -2.37. The van der Waals surface area contributed by atoms with E-state index in [1.54, 1.807) is 0 Å². The molecule has 168 valence electrons. The van der Waals surface area contributed by atoms with Crippen molar-refractivity contribution in [1.82, 2.24) is 15.1 Å². The van der Waals surface area contributed by atoms with Gasteiger partial charge in [0.15, 0.2) is 0 Å². The second-order valence-electron chi connectivity index (χ2n) is 9.48. The highest BCUT2D eigenvalue weighted by Gasteiger charge is 2.37. The van der Waals surface area contributed by atoms with E-state index in [0.29, 0.717) is 45.4 Å². The Bertz CT molecular complexity index is 788. The Morgan fingerprint density at radius 1 is 0.968 bits per heavy atom. The Balaban J connectivity index is 1.29. The quantitative estimate of drug-likeness (QED) is 0.696. The molecule has 1 aromatic carbocycles. The number of benzene rings is 1. The van der Waals surface area contributed by atoms with Crippen LogP contribution in [0.3, 0.4) is 0 Å². The molecule has 0 bridgehead atoms. The molecule has 1 unspecified atom stereocenters. The van der Waals surface area contributed by atoms with Crippen molar-refractivity contribution < 1.29 is 14.4 Å². The predicted molar refractivity (Wildman–Crippen MR) is 119 cm³/mol. The van der Waals surface area contributed by atoms with Crippen LogP contribution < -0.4 is 5.32 Å². The largest absolute Gasteiger partial charge is 0.355 e. The van der Waals surface area contributed by atoms with Crippen LogP contribution in [0.4, 0.5) is 0 Å². The lowest BCUT2D eigenvalue weighted by molar-refractivity contribution is -0.138. The molecule has 1 N–H and O–H groups in total. The van der Waals surface area contributed by atoms with Crippen LogP contribution in [0.2, 0.25) is 0 Å². The van der Waals surface area contributed by atoms with Crippen LogP contribution in [0.1, 0.15) is 63.4 Å². The number of likely N-dealkylation sites (tertiary alicyclic amines) is 2. The summed E-state index contributed by atoms with van der Waals surface area (Å²) in [5.41, 5.74) is 1.37. The van der Waals surface area contributed by atoms with Crippen molar-refractivity contribution in [1.29, 1.82) is 0 Å². The SMILES string of the molecule is O=C(NCC1(c2ccccc2)CCCC1)C1CCC(=O)N(CCCN2CCCC2=O)C1. The van der Waals surface area contributed by atoms with E-state index in [4.69, 9.17) is 0 Å². The first-order valence-corrected chi connectivity index (χ1v) is 12.0. The molecule has 1 aliphatic carbocycles. The van der Waals surface area contributed by atoms with Gasteiger partial charge in [-0.05, 0) is 37.7 Å². The van der Waals surface area contributed by atoms with Crippen molar-refractivity contribution in [2.24, 2.45) is 5.92 Å². The number of nitrogens with zero attached hydrogens (tertiary/aromatic N) is 2. The van der Waals surface area contributed by atoms with E-state index in [0.717, 1.165) is 32.2 Å². The van der Waals surface area contributed by atoms with Crippen LogP contribution in [0.25, 0.3) is 0 Å². The first-order chi connectivity index (χ1) is 15.1. The minimum atomic E-state index is -0.139. The Morgan fingerprint density at radius 2 is 1.68 bits per heavy atom. The third kappa shape index (κ3) is 5.10. The molecule has 1 saturated carbocycles. The molecule has 31 heavy (non-hydrogen) atoms. The number of rotatable bonds is 8. The number of carbonyl (C=O) groups is 3. The number of hydrogen-bond donors (Lipinski definition) is 1. The van der Waals surface area contributed by atoms with Crippen LogP contribution >= 0.6 is 0 Å². The molecule has 4 rings (SSSR count). The number of amides is 3. The molecule has 6 nitrogen and oxygen atoms in total. The average molecular weight is 426 g/mol. The smallest absolute Gasteiger partial charge is 0.224 e. The zero-order valence-electron chi connectivity index (χ0n) is 18.5. The molecule has 0 aromatic heterocycles. The van der Waals surface area contributed by atoms with Gasteiger partial charge in [-0.15, -0.1) is 0 Å². The van der Waals surface area contributed by atoms with Crippen molar-refractivity contribution >= 4 is 17.7 Å². The van der Waals surface area contributed by atoms with Gasteiger partial charge in [0.2, 0.25) is 17.7 Å². The fourth-order valence-electron chi connectivity index (χ4n) is 5.55. The van der Waals surface area contributed by atoms with Gasteiger partial charge in [-0.2, -0.15) is 0 Å². The Labute approximate surface area is 185 Å². The van der Waals surface area contributed by atoms with Gasteiger partial charge < -0.3 is 15.1 Å². The van der Waals surface area contributed by atoms with Crippen LogP contribution in [0.5, 0.6) is 0 Å². The lowest BCUT2D eigenvalue weighted by Crippen LogP contribution is -2.48. The summed E-state index contributed by atoms with van der Waals surface area (Å²) in [7, 11) is 0. The number of carbonyl (C=O) groups excluding carboxylic acids is 3. The summed E-state index contributed by atoms with van der Waals surface area (Å²) in [4.78, 5) is 40.9. The average Bonchev–Trinajstić information content (AvgIpc) is 3.44. The lowest BCUT2D eigenvalue weighted by Gasteiger charge is -2.34. The zero-order valence-corrected chi connectivity index (χ0v) is 18.5. The molecule has 2 aliphatic heterocycles. The van der Waals surface area contributed by atoms with Gasteiger partial charge in [0.25, 0.3) is 0 Å². The maximum atomic E-state index is 13.0. The van der Waals surface area contributed by atoms with E-state index >= 15 is 0 Å². The first-order valence-electron chi connectivity index (χ1n) is 12.0. The van der Waals surface area contributed by atoms with Crippen molar-refractivity contribution in [3.63, 3.8) is 0 Å². The third-order valence-electron chi connectivity index (χ3n) is 7.45. The van der Waals surface area contributed by atoms with Gasteiger partial charge in [-0.1, -0.05) is 43.2 Å². The molecule has 1 aromatic rings. The van der Waals surface area contributed by atoms with Crippen LogP contribution in [-0.4, -0.2) is 60.2 Å². The van der Waals surface area contributed by atoms with E-state index in [1.807, 2.05) is 15.9 Å². The minimum Gasteiger partial charge on any atom is -0.355 e. The van der Waals surface area contributed by atoms with E-state index in [9.17, 15) is 14.4 Å². The monoisotopic (exact) mass is 425 g/mol. The van der Waals surface area contributed by atoms with Crippen LogP contribution in [-0.2, 0) is 19.8 Å². The molecule has 6 heteroatoms. The fourth-order valence-corrected chi connectivity index (χ4v) is 5.55. The molecule has 0 radical (unpaired) electrons. The van der Waals surface area contributed by atoms with Gasteiger partial charge in [0, 0.05) is 51.0 Å². The molecule has 1 atom stereocenters. The summed E-state index contributed by atoms with van der Waals surface area (Å²) < 4.78 is 0. The normalized spacial score (nSPS) is 23.4. The Morgan fingerprint density at radius 3 is 2.39 bits per heavy atom. The third-order valence-corrected chi connectivity index (χ3v) is 7.45. The molecule has 3 amide bonds. The maximum absolute atomic E-state index is 13.0. The highest BCUT2D eigenvalue weighted by atomic mass is 16.2. The molecule has 3 fully saturated rings. The molecular formula is C25H35N3O3. The van der Waals surface area contributed by atoms with Gasteiger partial charge >= 0.3 is 0 Å². The summed E-state index contributed by atoms with van der Waals surface area (Å²) >= 11 is 0. The van der Waals surface area contributed by atoms with Crippen molar-refractivity contribution in [2.45, 2.75) is 63.2 Å². The molecule has 0 spiro atoms. The fraction of sp³-hybridized carbons (Fsp3) is 0.640. The number of piperidine rings is 1. The van der Waals surface area contributed by atoms with Crippen LogP contribution in [0.15, 0.2) is 30.3 Å². The molecular weight excluding hydrogens is 390 g/mol. The van der Waals surface area contributed by atoms with Gasteiger partial charge in [-0.25, -0.2) is 0 Å². The van der Waals surface area contributed by atoms with E-state index in [2.05, 4.69) is 29.6 Å². The second-order valence-corrected chi connectivity index (χ2v) is 9.48. The summed E-state index contributed by atoms with van der Waals surface area (Å²) in [6.45, 7) is 3.34. The lowest BCUT2D eigenvalue weighted by atomic mass is 9.78. The van der Waals surface area contributed by atoms with E-state index < -0.39 is 0 Å². The first kappa shape index (κ1) is 21.8. The highest BCUT2D eigenvalue weighted by Crippen LogP contribution is 2.40. The van der Waals surface area contributed by atoms with Crippen molar-refractivity contribution in [2.75, 3.05) is 32.7 Å².